The summed E-state index contributed by atoms with van der Waals surface area (Å²) in [5.74, 6) is 2.23. The van der Waals surface area contributed by atoms with Gasteiger partial charge in [0, 0.05) is 52.0 Å². The number of likely N-dealkylation sites (tertiary alicyclic amines) is 2. The summed E-state index contributed by atoms with van der Waals surface area (Å²) in [6.45, 7) is 10.5. The van der Waals surface area contributed by atoms with Crippen molar-refractivity contribution in [2.75, 3.05) is 53.0 Å². The molecule has 3 N–H and O–H groups in total. The molecule has 3 aliphatic rings. The molecule has 3 saturated heterocycles. The van der Waals surface area contributed by atoms with E-state index in [1.165, 1.54) is 5.56 Å². The van der Waals surface area contributed by atoms with Gasteiger partial charge >= 0.3 is 6.03 Å². The maximum atomic E-state index is 12.7. The molecule has 0 saturated carbocycles. The van der Waals surface area contributed by atoms with Gasteiger partial charge in [0.2, 0.25) is 12.3 Å². The van der Waals surface area contributed by atoms with Crippen molar-refractivity contribution >= 4 is 24.2 Å². The van der Waals surface area contributed by atoms with Crippen molar-refractivity contribution in [3.05, 3.63) is 65.7 Å². The zero-order chi connectivity index (χ0) is 34.0. The van der Waals surface area contributed by atoms with Gasteiger partial charge in [-0.1, -0.05) is 61.9 Å². The molecule has 11 nitrogen and oxygen atoms in total. The van der Waals surface area contributed by atoms with Crippen LogP contribution < -0.4 is 10.6 Å². The number of hydrazone groups is 1. The fourth-order valence-corrected chi connectivity index (χ4v) is 6.23. The number of hydrogen-bond acceptors (Lipinski definition) is 7. The molecule has 0 spiro atoms. The molecular formula is C36H54N6O5. The first-order valence-electron chi connectivity index (χ1n) is 17.0. The Kier molecular flexibility index (Phi) is 16.0. The van der Waals surface area contributed by atoms with Crippen molar-refractivity contribution in [3.63, 3.8) is 0 Å². The first-order valence-corrected chi connectivity index (χ1v) is 17.0. The first-order chi connectivity index (χ1) is 22.8. The second kappa shape index (κ2) is 20.2. The summed E-state index contributed by atoms with van der Waals surface area (Å²) in [5, 5.41) is 20.7. The van der Waals surface area contributed by atoms with Crippen molar-refractivity contribution in [1.29, 1.82) is 0 Å². The summed E-state index contributed by atoms with van der Waals surface area (Å²) < 4.78 is 5.48. The van der Waals surface area contributed by atoms with E-state index in [0.717, 1.165) is 76.3 Å². The number of carbonyl (C=O) groups excluding carboxylic acids is 3. The Hall–Kier alpha value is -4.12. The number of piperidine rings is 2. The number of carbonyl (C=O) groups is 3. The number of phenolic OH excluding ortho intramolecular Hbond substituents is 1. The predicted octanol–water partition coefficient (Wildman–Crippen LogP) is 4.59. The molecule has 2 aromatic rings. The monoisotopic (exact) mass is 650 g/mol. The third kappa shape index (κ3) is 12.2. The van der Waals surface area contributed by atoms with Gasteiger partial charge in [0.05, 0.1) is 12.6 Å². The zero-order valence-electron chi connectivity index (χ0n) is 28.6. The van der Waals surface area contributed by atoms with Gasteiger partial charge in [0.1, 0.15) is 5.75 Å². The number of amidine groups is 1. The van der Waals surface area contributed by atoms with Gasteiger partial charge < -0.3 is 30.3 Å². The van der Waals surface area contributed by atoms with E-state index in [-0.39, 0.29) is 24.5 Å². The smallest absolute Gasteiger partial charge is 0.317 e. The van der Waals surface area contributed by atoms with E-state index in [9.17, 15) is 14.4 Å². The Balaban J connectivity index is 0.000000518. The van der Waals surface area contributed by atoms with Crippen molar-refractivity contribution in [3.8, 4) is 5.75 Å². The zero-order valence-corrected chi connectivity index (χ0v) is 28.6. The molecule has 0 aromatic heterocycles. The number of nitrogens with zero attached hydrogens (tertiary/aromatic N) is 4. The van der Waals surface area contributed by atoms with Crippen molar-refractivity contribution in [2.24, 2.45) is 16.9 Å². The van der Waals surface area contributed by atoms with Crippen LogP contribution in [0.1, 0.15) is 63.5 Å². The quantitative estimate of drug-likeness (QED) is 0.174. The maximum absolute atomic E-state index is 12.7. The third-order valence-electron chi connectivity index (χ3n) is 9.03. The second-order valence-electron chi connectivity index (χ2n) is 12.0. The number of phenols is 1. The third-order valence-corrected chi connectivity index (χ3v) is 9.03. The van der Waals surface area contributed by atoms with E-state index in [0.29, 0.717) is 37.0 Å². The molecule has 3 heterocycles. The van der Waals surface area contributed by atoms with E-state index in [1.807, 2.05) is 80.2 Å². The lowest BCUT2D eigenvalue weighted by atomic mass is 9.80. The van der Waals surface area contributed by atoms with Crippen molar-refractivity contribution in [2.45, 2.75) is 65.3 Å². The van der Waals surface area contributed by atoms with Gasteiger partial charge in [-0.3, -0.25) is 14.6 Å². The Morgan fingerprint density at radius 2 is 1.47 bits per heavy atom. The summed E-state index contributed by atoms with van der Waals surface area (Å²) in [6, 6.07) is 16.5. The number of benzene rings is 2. The summed E-state index contributed by atoms with van der Waals surface area (Å²) in [4.78, 5) is 40.1. The SMILES string of the molecule is CC.CN(/N=C(\NC=O)c1ccccc1)C1CCN(C(=O)NCC(=O)N2CCC(C3CCOCC3)CC2)CC1.Cc1ccc(O)cc1. The Morgan fingerprint density at radius 3 is 2.04 bits per heavy atom. The summed E-state index contributed by atoms with van der Waals surface area (Å²) in [7, 11) is 1.89. The van der Waals surface area contributed by atoms with Crippen LogP contribution >= 0.6 is 0 Å². The molecular weight excluding hydrogens is 596 g/mol. The lowest BCUT2D eigenvalue weighted by Gasteiger charge is -2.38. The minimum atomic E-state index is -0.192. The molecule has 2 aromatic carbocycles. The fourth-order valence-electron chi connectivity index (χ4n) is 6.23. The minimum Gasteiger partial charge on any atom is -0.508 e. The van der Waals surface area contributed by atoms with Gasteiger partial charge in [-0.25, -0.2) is 4.79 Å². The number of aromatic hydroxyl groups is 1. The highest BCUT2D eigenvalue weighted by molar-refractivity contribution is 6.03. The second-order valence-corrected chi connectivity index (χ2v) is 12.0. The number of aryl methyl sites for hydroxylation is 1. The van der Waals surface area contributed by atoms with E-state index < -0.39 is 0 Å². The Labute approximate surface area is 280 Å². The van der Waals surface area contributed by atoms with Gasteiger partial charge in [0.15, 0.2) is 5.84 Å². The number of ether oxygens (including phenoxy) is 1. The van der Waals surface area contributed by atoms with Crippen LogP contribution in [0, 0.1) is 18.8 Å². The maximum Gasteiger partial charge on any atom is 0.317 e. The van der Waals surface area contributed by atoms with E-state index >= 15 is 0 Å². The molecule has 47 heavy (non-hydrogen) atoms. The Morgan fingerprint density at radius 1 is 0.894 bits per heavy atom. The lowest BCUT2D eigenvalue weighted by Crippen LogP contribution is -2.51. The molecule has 0 bridgehead atoms. The average molecular weight is 651 g/mol. The topological polar surface area (TPSA) is 127 Å². The molecule has 258 valence electrons. The molecule has 11 heteroatoms. The molecule has 0 aliphatic carbocycles. The first kappa shape index (κ1) is 37.3. The highest BCUT2D eigenvalue weighted by atomic mass is 16.5. The van der Waals surface area contributed by atoms with Crippen LogP contribution in [0.5, 0.6) is 5.75 Å². The average Bonchev–Trinajstić information content (AvgIpc) is 3.13. The standard InChI is InChI=1S/C27H40N6O4.C7H8O.C2H6/c1-31(30-26(29-20-34)23-5-3-2-4-6-23)24-9-15-33(16-10-24)27(36)28-19-25(35)32-13-7-21(8-14-32)22-11-17-37-18-12-22;1-6-2-4-7(8)5-3-6;1-2/h2-6,20-22,24H,7-19H2,1H3,(H,28,36)(H,29,30,34);2-5,8H,1H3;1-2H3. The molecule has 3 fully saturated rings. The summed E-state index contributed by atoms with van der Waals surface area (Å²) in [6.07, 6.45) is 6.50. The van der Waals surface area contributed by atoms with Gasteiger partial charge in [-0.15, -0.1) is 0 Å². The molecule has 3 aliphatic heterocycles. The highest BCUT2D eigenvalue weighted by Gasteiger charge is 2.30. The largest absolute Gasteiger partial charge is 0.508 e. The molecule has 0 unspecified atom stereocenters. The lowest BCUT2D eigenvalue weighted by molar-refractivity contribution is -0.132. The van der Waals surface area contributed by atoms with Gasteiger partial charge in [-0.05, 0) is 69.4 Å². The van der Waals surface area contributed by atoms with E-state index in [4.69, 9.17) is 9.84 Å². The molecule has 4 amide bonds. The van der Waals surface area contributed by atoms with Crippen LogP contribution in [0.4, 0.5) is 4.79 Å². The fraction of sp³-hybridized carbons (Fsp3) is 0.556. The number of hydrogen-bond donors (Lipinski definition) is 3. The van der Waals surface area contributed by atoms with Gasteiger partial charge in [-0.2, -0.15) is 5.10 Å². The van der Waals surface area contributed by atoms with Gasteiger partial charge in [0.25, 0.3) is 0 Å². The van der Waals surface area contributed by atoms with Crippen LogP contribution in [0.2, 0.25) is 0 Å². The molecule has 5 rings (SSSR count). The van der Waals surface area contributed by atoms with Crippen LogP contribution in [-0.4, -0.2) is 103 Å². The highest BCUT2D eigenvalue weighted by Crippen LogP contribution is 2.31. The number of amides is 4. The van der Waals surface area contributed by atoms with Crippen LogP contribution in [0.25, 0.3) is 0 Å². The van der Waals surface area contributed by atoms with E-state index in [2.05, 4.69) is 15.7 Å². The minimum absolute atomic E-state index is 0.00106. The summed E-state index contributed by atoms with van der Waals surface area (Å²) in [5.41, 5.74) is 2.00. The van der Waals surface area contributed by atoms with Crippen LogP contribution in [0.15, 0.2) is 59.7 Å². The number of nitrogens with one attached hydrogen (secondary N) is 2. The van der Waals surface area contributed by atoms with Crippen molar-refractivity contribution in [1.82, 2.24) is 25.4 Å². The van der Waals surface area contributed by atoms with Crippen LogP contribution in [0.3, 0.4) is 0 Å². The van der Waals surface area contributed by atoms with Crippen molar-refractivity contribution < 1.29 is 24.2 Å². The van der Waals surface area contributed by atoms with Crippen LogP contribution in [-0.2, 0) is 14.3 Å². The Bertz CT molecular complexity index is 1220. The number of rotatable bonds is 7. The summed E-state index contributed by atoms with van der Waals surface area (Å²) >= 11 is 0. The molecule has 0 radical (unpaired) electrons. The predicted molar refractivity (Wildman–Crippen MR) is 185 cm³/mol. The number of urea groups is 1. The van der Waals surface area contributed by atoms with E-state index in [1.54, 1.807) is 17.0 Å². The normalized spacial score (nSPS) is 17.7. The molecule has 0 atom stereocenters.